The monoisotopic (exact) mass is 862 g/mol. The number of carboxylic acids is 1. The van der Waals surface area contributed by atoms with E-state index in [0.29, 0.717) is 13.0 Å². The molecule has 0 spiro atoms. The van der Waals surface area contributed by atoms with Gasteiger partial charge >= 0.3 is 19.8 Å². The van der Waals surface area contributed by atoms with Gasteiger partial charge in [0, 0.05) is 13.0 Å². The molecule has 0 aromatic heterocycles. The fraction of sp³-hybridized carbons (Fsp3) is 0.673. The fourth-order valence-corrected chi connectivity index (χ4v) is 6.61. The number of phosphoric acid groups is 1. The second kappa shape index (κ2) is 44.2. The molecule has 0 rings (SSSR count). The van der Waals surface area contributed by atoms with Crippen LogP contribution in [-0.4, -0.2) is 60.5 Å². The Labute approximate surface area is 365 Å². The maximum absolute atomic E-state index is 12.7. The van der Waals surface area contributed by atoms with Crippen LogP contribution in [-0.2, 0) is 32.7 Å². The molecule has 344 valence electrons. The van der Waals surface area contributed by atoms with Crippen molar-refractivity contribution in [2.45, 2.75) is 187 Å². The van der Waals surface area contributed by atoms with Gasteiger partial charge in [-0.3, -0.25) is 18.6 Å². The number of carboxylic acid groups (broad SMARTS) is 1. The summed E-state index contributed by atoms with van der Waals surface area (Å²) in [5, 5.41) is 8.91. The molecule has 11 heteroatoms. The first-order chi connectivity index (χ1) is 29.2. The molecule has 0 amide bonds. The minimum absolute atomic E-state index is 0.00572. The number of carbonyl (C=O) groups is 2. The molecule has 3 unspecified atom stereocenters. The first kappa shape index (κ1) is 57.1. The lowest BCUT2D eigenvalue weighted by Crippen LogP contribution is -2.34. The highest BCUT2D eigenvalue weighted by atomic mass is 31.2. The van der Waals surface area contributed by atoms with Crippen molar-refractivity contribution in [3.63, 3.8) is 0 Å². The first-order valence-corrected chi connectivity index (χ1v) is 24.6. The number of carbonyl (C=O) groups excluding carboxylic acids is 1. The molecule has 0 aliphatic heterocycles. The maximum atomic E-state index is 12.7. The zero-order valence-electron chi connectivity index (χ0n) is 37.5. The number of hydrogen-bond acceptors (Lipinski definition) is 8. The number of allylic oxidation sites excluding steroid dienone is 14. The standard InChI is InChI=1S/C49H84NO9P/c1-3-5-7-9-11-13-15-17-19-21-23-25-27-29-31-33-35-37-39-41-48(51)59-46(44-57-60(54,55)58-45-47(50)49(52)53)43-56-42-40-38-36-34-32-30-28-26-24-22-20-18-16-14-12-10-8-6-4-2/h5,7,11,13-14,16-17,19-20,22-23,25,29,31,46-47H,3-4,6,8-10,12,15,18,21,24,26-28,30,32-45,50H2,1-2H3,(H,52,53)(H,54,55)/b7-5-,13-11-,16-14-,19-17-,22-20-,25-23-,31-29-. The Balaban J connectivity index is 4.30. The number of unbranched alkanes of at least 4 members (excludes halogenated alkanes) is 15. The van der Waals surface area contributed by atoms with Crippen molar-refractivity contribution in [2.24, 2.45) is 5.73 Å². The van der Waals surface area contributed by atoms with Crippen LogP contribution < -0.4 is 5.73 Å². The van der Waals surface area contributed by atoms with Gasteiger partial charge in [0.2, 0.25) is 0 Å². The van der Waals surface area contributed by atoms with Gasteiger partial charge in [-0.05, 0) is 89.9 Å². The van der Waals surface area contributed by atoms with E-state index in [0.717, 1.165) is 83.5 Å². The van der Waals surface area contributed by atoms with Gasteiger partial charge in [-0.15, -0.1) is 0 Å². The van der Waals surface area contributed by atoms with E-state index in [1.54, 1.807) is 0 Å². The van der Waals surface area contributed by atoms with Gasteiger partial charge in [-0.2, -0.15) is 0 Å². The summed E-state index contributed by atoms with van der Waals surface area (Å²) in [6, 6.07) is -1.48. The third kappa shape index (κ3) is 43.2. The lowest BCUT2D eigenvalue weighted by molar-refractivity contribution is -0.154. The Hall–Kier alpha value is -2.85. The molecule has 0 aromatic rings. The van der Waals surface area contributed by atoms with Gasteiger partial charge in [-0.25, -0.2) is 4.57 Å². The van der Waals surface area contributed by atoms with Crippen LogP contribution in [0.15, 0.2) is 85.1 Å². The Morgan fingerprint density at radius 3 is 1.45 bits per heavy atom. The molecule has 3 atom stereocenters. The summed E-state index contributed by atoms with van der Waals surface area (Å²) >= 11 is 0. The fourth-order valence-electron chi connectivity index (χ4n) is 5.84. The lowest BCUT2D eigenvalue weighted by Gasteiger charge is -2.20. The van der Waals surface area contributed by atoms with E-state index in [4.69, 9.17) is 29.4 Å². The van der Waals surface area contributed by atoms with Crippen molar-refractivity contribution in [1.29, 1.82) is 0 Å². The zero-order chi connectivity index (χ0) is 44.0. The second-order valence-corrected chi connectivity index (χ2v) is 16.6. The zero-order valence-corrected chi connectivity index (χ0v) is 38.4. The van der Waals surface area contributed by atoms with Crippen LogP contribution in [0.1, 0.15) is 174 Å². The Bertz CT molecular complexity index is 1270. The van der Waals surface area contributed by atoms with Gasteiger partial charge in [-0.1, -0.05) is 163 Å². The number of nitrogens with two attached hydrogens (primary N) is 1. The molecule has 0 saturated heterocycles. The Morgan fingerprint density at radius 1 is 0.550 bits per heavy atom. The van der Waals surface area contributed by atoms with E-state index in [9.17, 15) is 19.0 Å². The average Bonchev–Trinajstić information content (AvgIpc) is 3.23. The van der Waals surface area contributed by atoms with Crippen molar-refractivity contribution in [3.8, 4) is 0 Å². The molecule has 4 N–H and O–H groups in total. The summed E-state index contributed by atoms with van der Waals surface area (Å²) in [7, 11) is -4.64. The van der Waals surface area contributed by atoms with Crippen molar-refractivity contribution in [2.75, 3.05) is 26.4 Å². The van der Waals surface area contributed by atoms with E-state index < -0.39 is 45.1 Å². The molecule has 0 aliphatic carbocycles. The number of aliphatic carboxylic acids is 1. The van der Waals surface area contributed by atoms with Gasteiger partial charge < -0.3 is 25.2 Å². The summed E-state index contributed by atoms with van der Waals surface area (Å²) in [5.41, 5.74) is 5.36. The van der Waals surface area contributed by atoms with E-state index >= 15 is 0 Å². The predicted octanol–water partition coefficient (Wildman–Crippen LogP) is 13.1. The molecule has 0 aromatic carbocycles. The van der Waals surface area contributed by atoms with Crippen LogP contribution in [0.2, 0.25) is 0 Å². The van der Waals surface area contributed by atoms with Crippen molar-refractivity contribution >= 4 is 19.8 Å². The topological polar surface area (TPSA) is 155 Å². The second-order valence-electron chi connectivity index (χ2n) is 15.1. The van der Waals surface area contributed by atoms with Crippen molar-refractivity contribution in [1.82, 2.24) is 0 Å². The van der Waals surface area contributed by atoms with Crippen LogP contribution in [0.3, 0.4) is 0 Å². The molecule has 0 aliphatic rings. The third-order valence-electron chi connectivity index (χ3n) is 9.41. The van der Waals surface area contributed by atoms with Crippen LogP contribution in [0.4, 0.5) is 0 Å². The summed E-state index contributed by atoms with van der Waals surface area (Å²) in [6.45, 7) is 3.68. The van der Waals surface area contributed by atoms with Gasteiger partial charge in [0.25, 0.3) is 0 Å². The van der Waals surface area contributed by atoms with Gasteiger partial charge in [0.15, 0.2) is 0 Å². The van der Waals surface area contributed by atoms with Crippen LogP contribution >= 0.6 is 7.82 Å². The quantitative estimate of drug-likeness (QED) is 0.0233. The van der Waals surface area contributed by atoms with Crippen LogP contribution in [0.5, 0.6) is 0 Å². The predicted molar refractivity (Wildman–Crippen MR) is 249 cm³/mol. The third-order valence-corrected chi connectivity index (χ3v) is 10.4. The minimum atomic E-state index is -4.64. The highest BCUT2D eigenvalue weighted by Gasteiger charge is 2.27. The van der Waals surface area contributed by atoms with Crippen molar-refractivity contribution in [3.05, 3.63) is 85.1 Å². The largest absolute Gasteiger partial charge is 0.480 e. The summed E-state index contributed by atoms with van der Waals surface area (Å²) in [6.07, 6.45) is 56.3. The average molecular weight is 862 g/mol. The summed E-state index contributed by atoms with van der Waals surface area (Å²) in [4.78, 5) is 33.6. The Kier molecular flexibility index (Phi) is 42.1. The number of rotatable bonds is 43. The molecule has 0 saturated carbocycles. The molecular formula is C49H84NO9P. The normalized spacial score (nSPS) is 14.6. The highest BCUT2D eigenvalue weighted by Crippen LogP contribution is 2.43. The molecule has 10 nitrogen and oxygen atoms in total. The molecule has 60 heavy (non-hydrogen) atoms. The lowest BCUT2D eigenvalue weighted by atomic mass is 10.1. The number of phosphoric ester groups is 1. The first-order valence-electron chi connectivity index (χ1n) is 23.1. The summed E-state index contributed by atoms with van der Waals surface area (Å²) < 4.78 is 33.4. The smallest absolute Gasteiger partial charge is 0.472 e. The molecular weight excluding hydrogens is 778 g/mol. The van der Waals surface area contributed by atoms with Gasteiger partial charge in [0.1, 0.15) is 12.1 Å². The van der Waals surface area contributed by atoms with Gasteiger partial charge in [0.05, 0.1) is 19.8 Å². The SMILES string of the molecule is CC/C=C\C/C=C\C/C=C\C/C=C\C/C=C\CCCCCC(=O)OC(COCCCCCCCCCC/C=C\C/C=C\CCCCCC)COP(=O)(O)OCC(N)C(=O)O. The van der Waals surface area contributed by atoms with E-state index in [1.165, 1.54) is 64.2 Å². The highest BCUT2D eigenvalue weighted by molar-refractivity contribution is 7.47. The van der Waals surface area contributed by atoms with Crippen molar-refractivity contribution < 1.29 is 42.7 Å². The minimum Gasteiger partial charge on any atom is -0.480 e. The van der Waals surface area contributed by atoms with E-state index in [1.807, 2.05) is 0 Å². The number of ether oxygens (including phenoxy) is 2. The summed E-state index contributed by atoms with van der Waals surface area (Å²) in [5.74, 6) is -1.82. The van der Waals surface area contributed by atoms with E-state index in [2.05, 4.69) is 98.9 Å². The molecule has 0 radical (unpaired) electrons. The maximum Gasteiger partial charge on any atom is 0.472 e. The molecule has 0 heterocycles. The number of esters is 1. The van der Waals surface area contributed by atoms with Crippen LogP contribution in [0, 0.1) is 0 Å². The Morgan fingerprint density at radius 2 is 0.967 bits per heavy atom. The number of hydrogen-bond donors (Lipinski definition) is 3. The van der Waals surface area contributed by atoms with Crippen LogP contribution in [0.25, 0.3) is 0 Å². The molecule has 0 bridgehead atoms. The van der Waals surface area contributed by atoms with E-state index in [-0.39, 0.29) is 13.0 Å². The molecule has 0 fully saturated rings.